The maximum Gasteiger partial charge on any atom is 0.240 e. The van der Waals surface area contributed by atoms with Gasteiger partial charge < -0.3 is 14.8 Å². The van der Waals surface area contributed by atoms with Crippen molar-refractivity contribution in [1.82, 2.24) is 5.43 Å². The second kappa shape index (κ2) is 13.5. The number of halogens is 2. The Bertz CT molecular complexity index is 1190. The summed E-state index contributed by atoms with van der Waals surface area (Å²) in [6, 6.07) is 20.1. The number of nitrogens with one attached hydrogen (secondary N) is 2. The molecule has 35 heavy (non-hydrogen) atoms. The molecule has 0 saturated carbocycles. The summed E-state index contributed by atoms with van der Waals surface area (Å²) in [5.41, 5.74) is 4.67. The van der Waals surface area contributed by atoms with Crippen LogP contribution in [0, 0.1) is 0 Å². The smallest absolute Gasteiger partial charge is 0.240 e. The first-order valence-electron chi connectivity index (χ1n) is 11.0. The largest absolute Gasteiger partial charge is 0.490 e. The molecule has 2 N–H and O–H groups in total. The summed E-state index contributed by atoms with van der Waals surface area (Å²) in [5.74, 6) is 0.456. The molecule has 3 aromatic rings. The van der Waals surface area contributed by atoms with Gasteiger partial charge in [-0.25, -0.2) is 5.43 Å². The van der Waals surface area contributed by atoms with E-state index in [0.717, 1.165) is 5.56 Å². The van der Waals surface area contributed by atoms with Crippen LogP contribution in [0.3, 0.4) is 0 Å². The predicted octanol–water partition coefficient (Wildman–Crippen LogP) is 5.95. The van der Waals surface area contributed by atoms with Gasteiger partial charge >= 0.3 is 0 Å². The van der Waals surface area contributed by atoms with Crippen LogP contribution in [0.2, 0.25) is 5.02 Å². The number of benzene rings is 3. The second-order valence-corrected chi connectivity index (χ2v) is 8.61. The number of nitrogens with zero attached hydrogens (tertiary/aromatic N) is 1. The van der Waals surface area contributed by atoms with Crippen molar-refractivity contribution >= 4 is 51.2 Å². The van der Waals surface area contributed by atoms with Gasteiger partial charge in [-0.2, -0.15) is 5.10 Å². The third-order valence-electron chi connectivity index (χ3n) is 4.70. The summed E-state index contributed by atoms with van der Waals surface area (Å²) < 4.78 is 12.4. The fourth-order valence-electron chi connectivity index (χ4n) is 3.04. The Kier molecular flexibility index (Phi) is 10.1. The molecule has 3 aromatic carbocycles. The molecule has 0 aliphatic carbocycles. The van der Waals surface area contributed by atoms with Crippen LogP contribution in [0.15, 0.2) is 76.3 Å². The highest BCUT2D eigenvalue weighted by Gasteiger charge is 2.13. The molecule has 0 atom stereocenters. The number of hydrogen-bond donors (Lipinski definition) is 2. The van der Waals surface area contributed by atoms with Crippen molar-refractivity contribution in [2.75, 3.05) is 11.9 Å². The molecule has 0 radical (unpaired) electrons. The van der Waals surface area contributed by atoms with Crippen molar-refractivity contribution in [2.45, 2.75) is 26.4 Å². The van der Waals surface area contributed by atoms with Gasteiger partial charge in [0.25, 0.3) is 0 Å². The lowest BCUT2D eigenvalue weighted by Crippen LogP contribution is -2.20. The van der Waals surface area contributed by atoms with Crippen LogP contribution < -0.4 is 20.2 Å². The lowest BCUT2D eigenvalue weighted by molar-refractivity contribution is -0.124. The Balaban J connectivity index is 1.55. The number of amides is 2. The van der Waals surface area contributed by atoms with Crippen LogP contribution in [-0.4, -0.2) is 24.6 Å². The van der Waals surface area contributed by atoms with E-state index < -0.39 is 0 Å². The topological polar surface area (TPSA) is 89.0 Å². The number of carbonyl (C=O) groups excluding carboxylic acids is 2. The van der Waals surface area contributed by atoms with Gasteiger partial charge in [-0.15, -0.1) is 0 Å². The van der Waals surface area contributed by atoms with E-state index in [-0.39, 0.29) is 31.3 Å². The molecule has 0 aliphatic heterocycles. The van der Waals surface area contributed by atoms with Crippen molar-refractivity contribution in [2.24, 2.45) is 5.10 Å². The van der Waals surface area contributed by atoms with E-state index in [1.165, 1.54) is 6.21 Å². The first-order chi connectivity index (χ1) is 17.0. The average molecular weight is 559 g/mol. The maximum absolute atomic E-state index is 12.1. The van der Waals surface area contributed by atoms with Gasteiger partial charge in [0, 0.05) is 29.1 Å². The first-order valence-corrected chi connectivity index (χ1v) is 12.1. The normalized spacial score (nSPS) is 10.7. The van der Waals surface area contributed by atoms with E-state index in [1.54, 1.807) is 24.3 Å². The van der Waals surface area contributed by atoms with Gasteiger partial charge in [-0.3, -0.25) is 9.59 Å². The molecule has 3 rings (SSSR count). The van der Waals surface area contributed by atoms with E-state index in [4.69, 9.17) is 21.1 Å². The highest BCUT2D eigenvalue weighted by atomic mass is 79.9. The van der Waals surface area contributed by atoms with E-state index in [0.29, 0.717) is 38.9 Å². The van der Waals surface area contributed by atoms with E-state index in [2.05, 4.69) is 31.8 Å². The number of carbonyl (C=O) groups is 2. The minimum absolute atomic E-state index is 0.0126. The lowest BCUT2D eigenvalue weighted by Gasteiger charge is -2.15. The van der Waals surface area contributed by atoms with Crippen molar-refractivity contribution < 1.29 is 19.1 Å². The minimum Gasteiger partial charge on any atom is -0.490 e. The van der Waals surface area contributed by atoms with Gasteiger partial charge in [0.05, 0.1) is 17.3 Å². The van der Waals surface area contributed by atoms with Gasteiger partial charge in [0.1, 0.15) is 6.61 Å². The fraction of sp³-hybridized carbons (Fsp3) is 0.192. The van der Waals surface area contributed by atoms with Crippen LogP contribution >= 0.6 is 27.5 Å². The standard InChI is InChI=1S/C26H25BrClN3O4/c1-2-34-23-15-18(14-21(27)26(23)35-17-19-8-6-7-11-22(19)28)16-29-31-25(33)13-12-24(32)30-20-9-4-3-5-10-20/h3-11,14-16H,2,12-13,17H2,1H3,(H,30,32)(H,31,33). The zero-order chi connectivity index (χ0) is 25.0. The first kappa shape index (κ1) is 26.2. The molecule has 0 aliphatic rings. The summed E-state index contributed by atoms with van der Waals surface area (Å²) in [6.07, 6.45) is 1.56. The number of hydrazone groups is 1. The van der Waals surface area contributed by atoms with Crippen LogP contribution in [0.4, 0.5) is 5.69 Å². The van der Waals surface area contributed by atoms with Crippen molar-refractivity contribution in [3.05, 3.63) is 87.4 Å². The zero-order valence-corrected chi connectivity index (χ0v) is 21.4. The summed E-state index contributed by atoms with van der Waals surface area (Å²) >= 11 is 9.74. The lowest BCUT2D eigenvalue weighted by atomic mass is 10.2. The fourth-order valence-corrected chi connectivity index (χ4v) is 3.80. The van der Waals surface area contributed by atoms with Crippen molar-refractivity contribution in [3.63, 3.8) is 0 Å². The summed E-state index contributed by atoms with van der Waals surface area (Å²) in [7, 11) is 0. The van der Waals surface area contributed by atoms with Crippen molar-refractivity contribution in [3.8, 4) is 11.5 Å². The molecule has 0 bridgehead atoms. The van der Waals surface area contributed by atoms with E-state index >= 15 is 0 Å². The van der Waals surface area contributed by atoms with Gasteiger partial charge in [0.15, 0.2) is 11.5 Å². The van der Waals surface area contributed by atoms with Gasteiger partial charge in [-0.1, -0.05) is 48.0 Å². The quantitative estimate of drug-likeness (QED) is 0.225. The molecule has 0 saturated heterocycles. The van der Waals surface area contributed by atoms with Crippen LogP contribution in [0.1, 0.15) is 30.9 Å². The Hall–Kier alpha value is -3.36. The number of hydrogen-bond acceptors (Lipinski definition) is 5. The van der Waals surface area contributed by atoms with Crippen molar-refractivity contribution in [1.29, 1.82) is 0 Å². The molecule has 0 aromatic heterocycles. The monoisotopic (exact) mass is 557 g/mol. The molecular formula is C26H25BrClN3O4. The summed E-state index contributed by atoms with van der Waals surface area (Å²) in [4.78, 5) is 24.0. The van der Waals surface area contributed by atoms with Crippen LogP contribution in [0.25, 0.3) is 0 Å². The molecule has 0 spiro atoms. The Morgan fingerprint density at radius 2 is 1.71 bits per heavy atom. The molecule has 0 unspecified atom stereocenters. The summed E-state index contributed by atoms with van der Waals surface area (Å²) in [5, 5.41) is 7.35. The highest BCUT2D eigenvalue weighted by molar-refractivity contribution is 9.10. The summed E-state index contributed by atoms with van der Waals surface area (Å²) in [6.45, 7) is 2.59. The maximum atomic E-state index is 12.1. The van der Waals surface area contributed by atoms with E-state index in [9.17, 15) is 9.59 Å². The van der Waals surface area contributed by atoms with Gasteiger partial charge in [-0.05, 0) is 58.7 Å². The highest BCUT2D eigenvalue weighted by Crippen LogP contribution is 2.37. The number of para-hydroxylation sites is 1. The number of rotatable bonds is 11. The Morgan fingerprint density at radius 1 is 1.00 bits per heavy atom. The predicted molar refractivity (Wildman–Crippen MR) is 141 cm³/mol. The third kappa shape index (κ3) is 8.42. The molecule has 2 amide bonds. The molecular weight excluding hydrogens is 534 g/mol. The van der Waals surface area contributed by atoms with Crippen LogP contribution in [0.5, 0.6) is 11.5 Å². The second-order valence-electron chi connectivity index (χ2n) is 7.35. The number of anilines is 1. The molecule has 7 nitrogen and oxygen atoms in total. The Morgan fingerprint density at radius 3 is 2.46 bits per heavy atom. The van der Waals surface area contributed by atoms with Gasteiger partial charge in [0.2, 0.25) is 11.8 Å². The molecule has 9 heteroatoms. The van der Waals surface area contributed by atoms with Crippen LogP contribution in [-0.2, 0) is 16.2 Å². The minimum atomic E-state index is -0.367. The zero-order valence-electron chi connectivity index (χ0n) is 19.1. The average Bonchev–Trinajstić information content (AvgIpc) is 2.84. The number of ether oxygens (including phenoxy) is 2. The SMILES string of the molecule is CCOc1cc(C=NNC(=O)CCC(=O)Nc2ccccc2)cc(Br)c1OCc1ccccc1Cl. The molecule has 0 heterocycles. The van der Waals surface area contributed by atoms with E-state index in [1.807, 2.05) is 49.4 Å². The third-order valence-corrected chi connectivity index (χ3v) is 5.66. The molecule has 182 valence electrons. The Labute approximate surface area is 217 Å². The molecule has 0 fully saturated rings.